The van der Waals surface area contributed by atoms with Crippen molar-refractivity contribution in [3.8, 4) is 11.4 Å². The number of rotatable bonds is 5. The van der Waals surface area contributed by atoms with Crippen LogP contribution >= 0.6 is 0 Å². The molecule has 7 nitrogen and oxygen atoms in total. The number of nitrogens with zero attached hydrogens (tertiary/aromatic N) is 7. The van der Waals surface area contributed by atoms with E-state index in [2.05, 4.69) is 33.2 Å². The molecule has 3 aromatic rings. The van der Waals surface area contributed by atoms with E-state index >= 15 is 0 Å². The van der Waals surface area contributed by atoms with E-state index in [4.69, 9.17) is 9.97 Å². The van der Waals surface area contributed by atoms with Gasteiger partial charge in [-0.1, -0.05) is 12.1 Å². The van der Waals surface area contributed by atoms with Crippen molar-refractivity contribution >= 4 is 5.82 Å². The SMILES string of the molecule is CCc1cc(N2CCC(Cn3ccnn3)CC2)nc(-c2ccncc2)n1. The Kier molecular flexibility index (Phi) is 4.86. The van der Waals surface area contributed by atoms with Crippen molar-refractivity contribution in [1.82, 2.24) is 29.9 Å². The Hall–Kier alpha value is -2.83. The summed E-state index contributed by atoms with van der Waals surface area (Å²) in [5.74, 6) is 2.45. The lowest BCUT2D eigenvalue weighted by molar-refractivity contribution is 0.338. The molecule has 0 saturated carbocycles. The van der Waals surface area contributed by atoms with E-state index in [0.29, 0.717) is 5.92 Å². The summed E-state index contributed by atoms with van der Waals surface area (Å²) in [5, 5.41) is 7.97. The van der Waals surface area contributed by atoms with E-state index in [-0.39, 0.29) is 0 Å². The lowest BCUT2D eigenvalue weighted by Gasteiger charge is -2.33. The van der Waals surface area contributed by atoms with Gasteiger partial charge in [-0.25, -0.2) is 9.97 Å². The Morgan fingerprint density at radius 1 is 1.08 bits per heavy atom. The number of piperidine rings is 1. The zero-order chi connectivity index (χ0) is 17.8. The number of aromatic nitrogens is 6. The topological polar surface area (TPSA) is 72.6 Å². The van der Waals surface area contributed by atoms with Crippen molar-refractivity contribution in [3.63, 3.8) is 0 Å². The summed E-state index contributed by atoms with van der Waals surface area (Å²) in [5.41, 5.74) is 2.09. The van der Waals surface area contributed by atoms with Crippen LogP contribution in [0.4, 0.5) is 5.82 Å². The minimum absolute atomic E-state index is 0.639. The van der Waals surface area contributed by atoms with Crippen molar-refractivity contribution in [2.75, 3.05) is 18.0 Å². The van der Waals surface area contributed by atoms with Crippen molar-refractivity contribution in [2.24, 2.45) is 5.92 Å². The van der Waals surface area contributed by atoms with Gasteiger partial charge in [0.25, 0.3) is 0 Å². The monoisotopic (exact) mass is 349 g/mol. The molecule has 1 aliphatic rings. The maximum Gasteiger partial charge on any atom is 0.161 e. The Morgan fingerprint density at radius 2 is 1.88 bits per heavy atom. The van der Waals surface area contributed by atoms with E-state index in [1.54, 1.807) is 18.6 Å². The molecule has 0 N–H and O–H groups in total. The summed E-state index contributed by atoms with van der Waals surface area (Å²) < 4.78 is 1.93. The molecule has 0 atom stereocenters. The van der Waals surface area contributed by atoms with Crippen LogP contribution in [0.25, 0.3) is 11.4 Å². The molecule has 0 radical (unpaired) electrons. The molecular weight excluding hydrogens is 326 g/mol. The average molecular weight is 349 g/mol. The van der Waals surface area contributed by atoms with Gasteiger partial charge in [0.2, 0.25) is 0 Å². The first-order valence-electron chi connectivity index (χ1n) is 9.19. The molecule has 0 bridgehead atoms. The second-order valence-electron chi connectivity index (χ2n) is 6.69. The first-order valence-corrected chi connectivity index (χ1v) is 9.19. The second kappa shape index (κ2) is 7.59. The molecule has 4 heterocycles. The summed E-state index contributed by atoms with van der Waals surface area (Å²) in [7, 11) is 0. The van der Waals surface area contributed by atoms with Crippen LogP contribution in [0, 0.1) is 5.92 Å². The quantitative estimate of drug-likeness (QED) is 0.705. The minimum atomic E-state index is 0.639. The summed E-state index contributed by atoms with van der Waals surface area (Å²) in [6.07, 6.45) is 10.4. The molecule has 1 aliphatic heterocycles. The third kappa shape index (κ3) is 3.71. The third-order valence-electron chi connectivity index (χ3n) is 4.92. The van der Waals surface area contributed by atoms with Crippen molar-refractivity contribution < 1.29 is 0 Å². The van der Waals surface area contributed by atoms with E-state index in [0.717, 1.165) is 61.8 Å². The van der Waals surface area contributed by atoms with Gasteiger partial charge in [-0.15, -0.1) is 5.10 Å². The van der Waals surface area contributed by atoms with Gasteiger partial charge in [-0.3, -0.25) is 9.67 Å². The highest BCUT2D eigenvalue weighted by atomic mass is 15.4. The first kappa shape index (κ1) is 16.6. The molecule has 7 heteroatoms. The molecule has 1 fully saturated rings. The van der Waals surface area contributed by atoms with E-state index in [1.165, 1.54) is 0 Å². The average Bonchev–Trinajstić information content (AvgIpc) is 3.22. The highest BCUT2D eigenvalue weighted by Crippen LogP contribution is 2.25. The Balaban J connectivity index is 1.49. The Morgan fingerprint density at radius 3 is 2.58 bits per heavy atom. The predicted molar refractivity (Wildman–Crippen MR) is 99.6 cm³/mol. The van der Waals surface area contributed by atoms with Crippen LogP contribution in [0.5, 0.6) is 0 Å². The molecule has 3 aromatic heterocycles. The van der Waals surface area contributed by atoms with E-state index < -0.39 is 0 Å². The van der Waals surface area contributed by atoms with Crippen molar-refractivity contribution in [2.45, 2.75) is 32.7 Å². The molecule has 1 saturated heterocycles. The van der Waals surface area contributed by atoms with Crippen molar-refractivity contribution in [3.05, 3.63) is 48.7 Å². The predicted octanol–water partition coefficient (Wildman–Crippen LogP) is 2.61. The first-order chi connectivity index (χ1) is 12.8. The Labute approximate surface area is 153 Å². The van der Waals surface area contributed by atoms with Crippen LogP contribution in [0.1, 0.15) is 25.5 Å². The molecule has 0 aromatic carbocycles. The van der Waals surface area contributed by atoms with Crippen LogP contribution in [-0.2, 0) is 13.0 Å². The van der Waals surface area contributed by atoms with E-state index in [1.807, 2.05) is 23.0 Å². The minimum Gasteiger partial charge on any atom is -0.356 e. The normalized spacial score (nSPS) is 15.3. The summed E-state index contributed by atoms with van der Waals surface area (Å²) in [6, 6.07) is 6.05. The maximum atomic E-state index is 4.84. The highest BCUT2D eigenvalue weighted by Gasteiger charge is 2.21. The van der Waals surface area contributed by atoms with Gasteiger partial charge in [0, 0.05) is 55.5 Å². The zero-order valence-corrected chi connectivity index (χ0v) is 15.0. The number of anilines is 1. The molecule has 0 spiro atoms. The van der Waals surface area contributed by atoms with Gasteiger partial charge in [-0.2, -0.15) is 0 Å². The Bertz CT molecular complexity index is 824. The molecular formula is C19H23N7. The smallest absolute Gasteiger partial charge is 0.161 e. The van der Waals surface area contributed by atoms with Gasteiger partial charge in [-0.05, 0) is 37.3 Å². The van der Waals surface area contributed by atoms with Crippen LogP contribution < -0.4 is 4.90 Å². The van der Waals surface area contributed by atoms with Crippen molar-refractivity contribution in [1.29, 1.82) is 0 Å². The third-order valence-corrected chi connectivity index (χ3v) is 4.92. The fourth-order valence-electron chi connectivity index (χ4n) is 3.40. The summed E-state index contributed by atoms with van der Waals surface area (Å²) >= 11 is 0. The summed E-state index contributed by atoms with van der Waals surface area (Å²) in [6.45, 7) is 5.09. The maximum absolute atomic E-state index is 4.84. The number of pyridine rings is 1. The van der Waals surface area contributed by atoms with Crippen LogP contribution in [0.2, 0.25) is 0 Å². The van der Waals surface area contributed by atoms with Crippen LogP contribution in [0.15, 0.2) is 43.0 Å². The highest BCUT2D eigenvalue weighted by molar-refractivity contribution is 5.57. The van der Waals surface area contributed by atoms with Crippen LogP contribution in [0.3, 0.4) is 0 Å². The second-order valence-corrected chi connectivity index (χ2v) is 6.69. The number of hydrogen-bond acceptors (Lipinski definition) is 6. The number of aryl methyl sites for hydroxylation is 1. The molecule has 0 unspecified atom stereocenters. The largest absolute Gasteiger partial charge is 0.356 e. The molecule has 4 rings (SSSR count). The van der Waals surface area contributed by atoms with Gasteiger partial charge in [0.15, 0.2) is 5.82 Å². The molecule has 0 amide bonds. The van der Waals surface area contributed by atoms with E-state index in [9.17, 15) is 0 Å². The molecule has 26 heavy (non-hydrogen) atoms. The van der Waals surface area contributed by atoms with Gasteiger partial charge in [0.05, 0.1) is 6.20 Å². The molecule has 0 aliphatic carbocycles. The van der Waals surface area contributed by atoms with Gasteiger partial charge in [0.1, 0.15) is 5.82 Å². The lowest BCUT2D eigenvalue weighted by atomic mass is 9.97. The van der Waals surface area contributed by atoms with Gasteiger partial charge >= 0.3 is 0 Å². The van der Waals surface area contributed by atoms with Crippen LogP contribution in [-0.4, -0.2) is 43.0 Å². The number of hydrogen-bond donors (Lipinski definition) is 0. The zero-order valence-electron chi connectivity index (χ0n) is 15.0. The lowest BCUT2D eigenvalue weighted by Crippen LogP contribution is -2.35. The summed E-state index contributed by atoms with van der Waals surface area (Å²) in [4.78, 5) is 16.0. The van der Waals surface area contributed by atoms with Gasteiger partial charge < -0.3 is 4.90 Å². The fraction of sp³-hybridized carbons (Fsp3) is 0.421. The fourth-order valence-corrected chi connectivity index (χ4v) is 3.40. The molecule has 134 valence electrons. The standard InChI is InChI=1S/C19H23N7/c1-2-17-13-18(23-19(22-17)16-3-7-20-8-4-16)25-10-5-15(6-11-25)14-26-12-9-21-24-26/h3-4,7-9,12-13,15H,2,5-6,10-11,14H2,1H3.